The van der Waals surface area contributed by atoms with E-state index in [0.717, 1.165) is 36.0 Å². The van der Waals surface area contributed by atoms with Crippen LogP contribution in [0.1, 0.15) is 29.5 Å². The molecule has 20 heavy (non-hydrogen) atoms. The van der Waals surface area contributed by atoms with Gasteiger partial charge in [0.15, 0.2) is 6.29 Å². The molecule has 2 aromatic heterocycles. The fourth-order valence-corrected chi connectivity index (χ4v) is 2.46. The van der Waals surface area contributed by atoms with E-state index in [1.165, 1.54) is 0 Å². The second-order valence-electron chi connectivity index (χ2n) is 4.75. The Kier molecular flexibility index (Phi) is 3.33. The third-order valence-corrected chi connectivity index (χ3v) is 3.39. The van der Waals surface area contributed by atoms with Gasteiger partial charge >= 0.3 is 0 Å². The van der Waals surface area contributed by atoms with Crippen LogP contribution in [-0.2, 0) is 13.1 Å². The highest BCUT2D eigenvalue weighted by Gasteiger charge is 2.10. The third-order valence-electron chi connectivity index (χ3n) is 3.39. The normalized spacial score (nSPS) is 11.1. The van der Waals surface area contributed by atoms with Crippen molar-refractivity contribution in [3.05, 3.63) is 48.2 Å². The first-order valence-electron chi connectivity index (χ1n) is 6.73. The lowest BCUT2D eigenvalue weighted by atomic mass is 10.2. The minimum absolute atomic E-state index is 0.619. The average molecular weight is 268 g/mol. The number of carbonyl (C=O) groups excluding carboxylic acids is 1. The molecule has 0 saturated heterocycles. The molecule has 5 heteroatoms. The molecule has 3 aromatic rings. The SMILES string of the molecule is CCCn1ncnc1Cn1cc(C=O)c2ccccc21. The highest BCUT2D eigenvalue weighted by Crippen LogP contribution is 2.20. The van der Waals surface area contributed by atoms with Gasteiger partial charge in [-0.2, -0.15) is 5.10 Å². The first kappa shape index (κ1) is 12.6. The van der Waals surface area contributed by atoms with Crippen LogP contribution in [0.4, 0.5) is 0 Å². The molecular formula is C15H16N4O. The maximum absolute atomic E-state index is 11.2. The summed E-state index contributed by atoms with van der Waals surface area (Å²) in [6.45, 7) is 3.59. The van der Waals surface area contributed by atoms with Gasteiger partial charge in [0.1, 0.15) is 12.2 Å². The number of fused-ring (bicyclic) bond motifs is 1. The number of carbonyl (C=O) groups is 1. The molecule has 0 radical (unpaired) electrons. The number of aldehydes is 1. The van der Waals surface area contributed by atoms with E-state index in [9.17, 15) is 4.79 Å². The highest BCUT2D eigenvalue weighted by atomic mass is 16.1. The second-order valence-corrected chi connectivity index (χ2v) is 4.75. The Labute approximate surface area is 116 Å². The average Bonchev–Trinajstić information content (AvgIpc) is 3.05. The number of para-hydroxylation sites is 1. The summed E-state index contributed by atoms with van der Waals surface area (Å²) in [5.41, 5.74) is 1.75. The quantitative estimate of drug-likeness (QED) is 0.668. The van der Waals surface area contributed by atoms with Crippen molar-refractivity contribution in [3.8, 4) is 0 Å². The lowest BCUT2D eigenvalue weighted by Crippen LogP contribution is -2.09. The number of benzene rings is 1. The van der Waals surface area contributed by atoms with Crippen molar-refractivity contribution in [2.45, 2.75) is 26.4 Å². The van der Waals surface area contributed by atoms with Crippen LogP contribution in [0.15, 0.2) is 36.8 Å². The summed E-state index contributed by atoms with van der Waals surface area (Å²) in [7, 11) is 0. The molecule has 0 saturated carbocycles. The first-order valence-corrected chi connectivity index (χ1v) is 6.73. The van der Waals surface area contributed by atoms with E-state index in [4.69, 9.17) is 0 Å². The zero-order valence-corrected chi connectivity index (χ0v) is 11.4. The molecular weight excluding hydrogens is 252 g/mol. The molecule has 0 unspecified atom stereocenters. The van der Waals surface area contributed by atoms with Crippen LogP contribution in [0.5, 0.6) is 0 Å². The molecule has 2 heterocycles. The Balaban J connectivity index is 2.02. The van der Waals surface area contributed by atoms with Gasteiger partial charge in [-0.15, -0.1) is 0 Å². The lowest BCUT2D eigenvalue weighted by molar-refractivity contribution is 0.112. The molecule has 0 aliphatic carbocycles. The summed E-state index contributed by atoms with van der Waals surface area (Å²) in [6.07, 6.45) is 5.37. The van der Waals surface area contributed by atoms with E-state index >= 15 is 0 Å². The van der Waals surface area contributed by atoms with Gasteiger partial charge in [-0.1, -0.05) is 25.1 Å². The van der Waals surface area contributed by atoms with E-state index < -0.39 is 0 Å². The zero-order valence-electron chi connectivity index (χ0n) is 11.4. The third kappa shape index (κ3) is 2.11. The topological polar surface area (TPSA) is 52.7 Å². The smallest absolute Gasteiger partial charge is 0.152 e. The Morgan fingerprint density at radius 3 is 2.95 bits per heavy atom. The predicted molar refractivity (Wildman–Crippen MR) is 76.7 cm³/mol. The van der Waals surface area contributed by atoms with Crippen LogP contribution in [0.25, 0.3) is 10.9 Å². The molecule has 0 aliphatic rings. The summed E-state index contributed by atoms with van der Waals surface area (Å²) in [5.74, 6) is 0.907. The van der Waals surface area contributed by atoms with Crippen LogP contribution in [-0.4, -0.2) is 25.6 Å². The van der Waals surface area contributed by atoms with Gasteiger partial charge in [0, 0.05) is 29.2 Å². The number of hydrogen-bond acceptors (Lipinski definition) is 3. The van der Waals surface area contributed by atoms with E-state index in [-0.39, 0.29) is 0 Å². The standard InChI is InChI=1S/C15H16N4O/c1-2-7-19-15(16-11-17-19)9-18-8-12(10-20)13-5-3-4-6-14(13)18/h3-6,8,10-11H,2,7,9H2,1H3. The zero-order chi connectivity index (χ0) is 13.9. The second kappa shape index (κ2) is 5.28. The van der Waals surface area contributed by atoms with Crippen molar-refractivity contribution in [3.63, 3.8) is 0 Å². The van der Waals surface area contributed by atoms with Crippen LogP contribution in [0, 0.1) is 0 Å². The predicted octanol–water partition coefficient (Wildman–Crippen LogP) is 2.50. The van der Waals surface area contributed by atoms with E-state index in [2.05, 4.69) is 21.6 Å². The molecule has 0 fully saturated rings. The van der Waals surface area contributed by atoms with E-state index in [0.29, 0.717) is 12.1 Å². The summed E-state index contributed by atoms with van der Waals surface area (Å²) in [5, 5.41) is 5.21. The minimum atomic E-state index is 0.619. The van der Waals surface area contributed by atoms with Crippen LogP contribution < -0.4 is 0 Å². The fraction of sp³-hybridized carbons (Fsp3) is 0.267. The van der Waals surface area contributed by atoms with Gasteiger partial charge < -0.3 is 4.57 Å². The Hall–Kier alpha value is -2.43. The molecule has 0 N–H and O–H groups in total. The van der Waals surface area contributed by atoms with Crippen molar-refractivity contribution in [1.29, 1.82) is 0 Å². The van der Waals surface area contributed by atoms with Crippen molar-refractivity contribution in [1.82, 2.24) is 19.3 Å². The fourth-order valence-electron chi connectivity index (χ4n) is 2.46. The van der Waals surface area contributed by atoms with Gasteiger partial charge in [0.2, 0.25) is 0 Å². The number of nitrogens with zero attached hydrogens (tertiary/aromatic N) is 4. The molecule has 3 rings (SSSR count). The molecule has 102 valence electrons. The van der Waals surface area contributed by atoms with Crippen LogP contribution in [0.2, 0.25) is 0 Å². The molecule has 0 atom stereocenters. The summed E-state index contributed by atoms with van der Waals surface area (Å²) in [6, 6.07) is 7.90. The minimum Gasteiger partial charge on any atom is -0.339 e. The first-order chi connectivity index (χ1) is 9.83. The van der Waals surface area contributed by atoms with Crippen molar-refractivity contribution in [2.75, 3.05) is 0 Å². The number of aromatic nitrogens is 4. The molecule has 0 spiro atoms. The summed E-state index contributed by atoms with van der Waals surface area (Å²) >= 11 is 0. The number of hydrogen-bond donors (Lipinski definition) is 0. The number of aryl methyl sites for hydroxylation is 1. The van der Waals surface area contributed by atoms with E-state index in [1.807, 2.05) is 35.1 Å². The number of rotatable bonds is 5. The van der Waals surface area contributed by atoms with Gasteiger partial charge in [-0.3, -0.25) is 4.79 Å². The molecule has 0 bridgehead atoms. The van der Waals surface area contributed by atoms with Gasteiger partial charge in [-0.25, -0.2) is 9.67 Å². The van der Waals surface area contributed by atoms with Gasteiger partial charge in [0.05, 0.1) is 6.54 Å². The highest BCUT2D eigenvalue weighted by molar-refractivity contribution is 5.97. The van der Waals surface area contributed by atoms with Crippen LogP contribution in [0.3, 0.4) is 0 Å². The van der Waals surface area contributed by atoms with Crippen molar-refractivity contribution >= 4 is 17.2 Å². The Morgan fingerprint density at radius 1 is 1.30 bits per heavy atom. The summed E-state index contributed by atoms with van der Waals surface area (Å²) in [4.78, 5) is 15.5. The Morgan fingerprint density at radius 2 is 2.15 bits per heavy atom. The maximum atomic E-state index is 11.2. The molecule has 0 amide bonds. The monoisotopic (exact) mass is 268 g/mol. The summed E-state index contributed by atoms with van der Waals surface area (Å²) < 4.78 is 3.96. The van der Waals surface area contributed by atoms with E-state index in [1.54, 1.807) is 6.33 Å². The molecule has 0 aliphatic heterocycles. The lowest BCUT2D eigenvalue weighted by Gasteiger charge is -2.06. The van der Waals surface area contributed by atoms with Crippen molar-refractivity contribution in [2.24, 2.45) is 0 Å². The largest absolute Gasteiger partial charge is 0.339 e. The molecule has 5 nitrogen and oxygen atoms in total. The van der Waals surface area contributed by atoms with Crippen LogP contribution >= 0.6 is 0 Å². The van der Waals surface area contributed by atoms with Gasteiger partial charge in [-0.05, 0) is 12.5 Å². The Bertz CT molecular complexity index is 741. The van der Waals surface area contributed by atoms with Gasteiger partial charge in [0.25, 0.3) is 0 Å². The molecule has 1 aromatic carbocycles. The van der Waals surface area contributed by atoms with Crippen molar-refractivity contribution < 1.29 is 4.79 Å². The maximum Gasteiger partial charge on any atom is 0.152 e.